The van der Waals surface area contributed by atoms with Crippen LogP contribution in [0.5, 0.6) is 0 Å². The van der Waals surface area contributed by atoms with E-state index in [1.807, 2.05) is 6.92 Å². The highest BCUT2D eigenvalue weighted by Gasteiger charge is 2.17. The van der Waals surface area contributed by atoms with Crippen molar-refractivity contribution in [1.82, 2.24) is 4.72 Å². The Labute approximate surface area is 72.4 Å². The lowest BCUT2D eigenvalue weighted by atomic mass is 10.2. The molecule has 0 aromatic heterocycles. The van der Waals surface area contributed by atoms with Gasteiger partial charge in [-0.1, -0.05) is 13.3 Å². The zero-order valence-electron chi connectivity index (χ0n) is 7.20. The fourth-order valence-electron chi connectivity index (χ4n) is 0.806. The monoisotopic (exact) mass is 194 g/mol. The summed E-state index contributed by atoms with van der Waals surface area (Å²) in [5, 5.41) is 0. The zero-order valence-corrected chi connectivity index (χ0v) is 8.02. The Morgan fingerprint density at radius 3 is 2.33 bits per heavy atom. The van der Waals surface area contributed by atoms with E-state index in [9.17, 15) is 13.2 Å². The van der Waals surface area contributed by atoms with Crippen LogP contribution in [0.15, 0.2) is 0 Å². The molecule has 12 heavy (non-hydrogen) atoms. The van der Waals surface area contributed by atoms with Gasteiger partial charge >= 0.3 is 0 Å². The number of nitrogens with two attached hydrogens (primary N) is 1. The Bertz CT molecular complexity index is 248. The Kier molecular flexibility index (Phi) is 4.19. The fraction of sp³-hybridized carbons (Fsp3) is 0.833. The van der Waals surface area contributed by atoms with E-state index in [4.69, 9.17) is 5.73 Å². The molecule has 0 bridgehead atoms. The van der Waals surface area contributed by atoms with Crippen LogP contribution < -0.4 is 10.5 Å². The Hall–Kier alpha value is -0.620. The summed E-state index contributed by atoms with van der Waals surface area (Å²) in [5.74, 6) is -0.637. The molecule has 0 aromatic rings. The van der Waals surface area contributed by atoms with Crippen LogP contribution in [0.25, 0.3) is 0 Å². The highest BCUT2D eigenvalue weighted by atomic mass is 32.2. The van der Waals surface area contributed by atoms with Crippen molar-refractivity contribution >= 4 is 15.9 Å². The number of sulfonamides is 1. The SMILES string of the molecule is CCC[C@@H](NS(C)(=O)=O)C(N)=O. The molecule has 0 aliphatic rings. The van der Waals surface area contributed by atoms with Crippen molar-refractivity contribution in [1.29, 1.82) is 0 Å². The summed E-state index contributed by atoms with van der Waals surface area (Å²) in [6.45, 7) is 1.85. The van der Waals surface area contributed by atoms with E-state index in [-0.39, 0.29) is 0 Å². The van der Waals surface area contributed by atoms with Gasteiger partial charge in [0.2, 0.25) is 15.9 Å². The van der Waals surface area contributed by atoms with Crippen molar-refractivity contribution < 1.29 is 13.2 Å². The number of hydrogen-bond donors (Lipinski definition) is 2. The second kappa shape index (κ2) is 4.42. The molecule has 0 radical (unpaired) electrons. The largest absolute Gasteiger partial charge is 0.368 e. The van der Waals surface area contributed by atoms with Crippen molar-refractivity contribution in [2.75, 3.05) is 6.26 Å². The van der Waals surface area contributed by atoms with Gasteiger partial charge in [-0.05, 0) is 6.42 Å². The van der Waals surface area contributed by atoms with Crippen LogP contribution in [-0.4, -0.2) is 26.6 Å². The minimum absolute atomic E-state index is 0.433. The first kappa shape index (κ1) is 11.4. The van der Waals surface area contributed by atoms with E-state index in [0.29, 0.717) is 12.8 Å². The van der Waals surface area contributed by atoms with Crippen LogP contribution >= 0.6 is 0 Å². The molecule has 3 N–H and O–H groups in total. The summed E-state index contributed by atoms with van der Waals surface area (Å²) in [6, 6.07) is -0.773. The van der Waals surface area contributed by atoms with Crippen molar-refractivity contribution in [2.24, 2.45) is 5.73 Å². The molecular weight excluding hydrogens is 180 g/mol. The first-order valence-corrected chi connectivity index (χ1v) is 5.52. The standard InChI is InChI=1S/C6H14N2O3S/c1-3-4-5(6(7)9)8-12(2,10)11/h5,8H,3-4H2,1-2H3,(H2,7,9)/t5-/m1/s1. The number of rotatable bonds is 5. The molecule has 0 unspecified atom stereocenters. The van der Waals surface area contributed by atoms with Crippen LogP contribution in [0.2, 0.25) is 0 Å². The predicted octanol–water partition coefficient (Wildman–Crippen LogP) is -0.810. The van der Waals surface area contributed by atoms with Crippen LogP contribution in [0.1, 0.15) is 19.8 Å². The molecule has 0 heterocycles. The van der Waals surface area contributed by atoms with E-state index >= 15 is 0 Å². The Balaban J connectivity index is 4.24. The third-order valence-corrected chi connectivity index (χ3v) is 1.99. The molecule has 72 valence electrons. The highest BCUT2D eigenvalue weighted by molar-refractivity contribution is 7.88. The number of nitrogens with one attached hydrogen (secondary N) is 1. The van der Waals surface area contributed by atoms with Gasteiger partial charge in [0.05, 0.1) is 6.26 Å². The summed E-state index contributed by atoms with van der Waals surface area (Å²) in [6.07, 6.45) is 2.14. The van der Waals surface area contributed by atoms with Crippen molar-refractivity contribution in [3.8, 4) is 0 Å². The number of primary amides is 1. The molecule has 0 saturated carbocycles. The minimum atomic E-state index is -3.34. The number of amides is 1. The quantitative estimate of drug-likeness (QED) is 0.599. The molecule has 0 aliphatic carbocycles. The van der Waals surface area contributed by atoms with Gasteiger partial charge in [-0.2, -0.15) is 0 Å². The minimum Gasteiger partial charge on any atom is -0.368 e. The second-order valence-corrected chi connectivity index (χ2v) is 4.41. The number of carbonyl (C=O) groups excluding carboxylic acids is 1. The van der Waals surface area contributed by atoms with Gasteiger partial charge in [0.15, 0.2) is 0 Å². The molecule has 6 heteroatoms. The molecular formula is C6H14N2O3S. The van der Waals surface area contributed by atoms with Crippen molar-refractivity contribution in [3.05, 3.63) is 0 Å². The van der Waals surface area contributed by atoms with Crippen LogP contribution in [0.4, 0.5) is 0 Å². The van der Waals surface area contributed by atoms with Gasteiger partial charge in [0.25, 0.3) is 0 Å². The molecule has 1 amide bonds. The third kappa shape index (κ3) is 5.09. The van der Waals surface area contributed by atoms with E-state index in [1.54, 1.807) is 0 Å². The summed E-state index contributed by atoms with van der Waals surface area (Å²) < 4.78 is 23.6. The first-order chi connectivity index (χ1) is 5.37. The first-order valence-electron chi connectivity index (χ1n) is 3.63. The van der Waals surface area contributed by atoms with Crippen LogP contribution in [-0.2, 0) is 14.8 Å². The summed E-state index contributed by atoms with van der Waals surface area (Å²) in [7, 11) is -3.34. The maximum absolute atomic E-state index is 10.7. The van der Waals surface area contributed by atoms with E-state index < -0.39 is 22.0 Å². The lowest BCUT2D eigenvalue weighted by Crippen LogP contribution is -2.43. The van der Waals surface area contributed by atoms with Gasteiger partial charge in [-0.15, -0.1) is 0 Å². The van der Waals surface area contributed by atoms with E-state index in [1.165, 1.54) is 0 Å². The van der Waals surface area contributed by atoms with Gasteiger partial charge in [-0.25, -0.2) is 13.1 Å². The topological polar surface area (TPSA) is 89.3 Å². The average molecular weight is 194 g/mol. The normalized spacial score (nSPS) is 14.2. The molecule has 0 saturated heterocycles. The molecule has 5 nitrogen and oxygen atoms in total. The maximum atomic E-state index is 10.7. The molecule has 0 spiro atoms. The van der Waals surface area contributed by atoms with E-state index in [0.717, 1.165) is 6.26 Å². The molecule has 0 rings (SSSR count). The van der Waals surface area contributed by atoms with Gasteiger partial charge < -0.3 is 5.73 Å². The molecule has 0 aliphatic heterocycles. The zero-order chi connectivity index (χ0) is 9.78. The smallest absolute Gasteiger partial charge is 0.235 e. The number of hydrogen-bond acceptors (Lipinski definition) is 3. The highest BCUT2D eigenvalue weighted by Crippen LogP contribution is 1.96. The lowest BCUT2D eigenvalue weighted by molar-refractivity contribution is -0.119. The predicted molar refractivity (Wildman–Crippen MR) is 45.9 cm³/mol. The fourth-order valence-corrected chi connectivity index (χ4v) is 1.56. The molecule has 0 fully saturated rings. The molecule has 1 atom stereocenters. The number of carbonyl (C=O) groups is 1. The average Bonchev–Trinajstić information content (AvgIpc) is 1.83. The Morgan fingerprint density at radius 2 is 2.08 bits per heavy atom. The van der Waals surface area contributed by atoms with Gasteiger partial charge in [-0.3, -0.25) is 4.79 Å². The molecule has 0 aromatic carbocycles. The maximum Gasteiger partial charge on any atom is 0.235 e. The summed E-state index contributed by atoms with van der Waals surface area (Å²) >= 11 is 0. The van der Waals surface area contributed by atoms with Crippen LogP contribution in [0.3, 0.4) is 0 Å². The summed E-state index contributed by atoms with van der Waals surface area (Å²) in [5.41, 5.74) is 4.96. The van der Waals surface area contributed by atoms with Crippen LogP contribution in [0, 0.1) is 0 Å². The van der Waals surface area contributed by atoms with Crippen molar-refractivity contribution in [3.63, 3.8) is 0 Å². The van der Waals surface area contributed by atoms with Gasteiger partial charge in [0, 0.05) is 0 Å². The van der Waals surface area contributed by atoms with E-state index in [2.05, 4.69) is 4.72 Å². The lowest BCUT2D eigenvalue weighted by Gasteiger charge is -2.11. The van der Waals surface area contributed by atoms with Gasteiger partial charge in [0.1, 0.15) is 6.04 Å². The second-order valence-electron chi connectivity index (χ2n) is 2.63. The third-order valence-electron chi connectivity index (χ3n) is 1.28. The summed E-state index contributed by atoms with van der Waals surface area (Å²) in [4.78, 5) is 10.7. The Morgan fingerprint density at radius 1 is 1.58 bits per heavy atom. The van der Waals surface area contributed by atoms with Crippen molar-refractivity contribution in [2.45, 2.75) is 25.8 Å².